The van der Waals surface area contributed by atoms with Crippen LogP contribution in [0.15, 0.2) is 48.9 Å². The van der Waals surface area contributed by atoms with Gasteiger partial charge in [0, 0.05) is 18.6 Å². The minimum Gasteiger partial charge on any atom is -0.462 e. The zero-order valence-electron chi connectivity index (χ0n) is 14.5. The van der Waals surface area contributed by atoms with E-state index in [2.05, 4.69) is 10.2 Å². The molecule has 0 saturated heterocycles. The predicted molar refractivity (Wildman–Crippen MR) is 90.1 cm³/mol. The van der Waals surface area contributed by atoms with Gasteiger partial charge in [-0.2, -0.15) is 23.4 Å². The molecule has 0 fully saturated rings. The molecule has 1 aromatic carbocycles. The van der Waals surface area contributed by atoms with Gasteiger partial charge in [0.05, 0.1) is 19.7 Å². The van der Waals surface area contributed by atoms with Crippen molar-refractivity contribution in [3.8, 4) is 0 Å². The number of benzene rings is 1. The van der Waals surface area contributed by atoms with Gasteiger partial charge in [-0.3, -0.25) is 9.36 Å². The van der Waals surface area contributed by atoms with Gasteiger partial charge < -0.3 is 4.74 Å². The second kappa shape index (κ2) is 7.65. The van der Waals surface area contributed by atoms with Crippen LogP contribution in [0.2, 0.25) is 0 Å². The zero-order chi connectivity index (χ0) is 19.4. The van der Waals surface area contributed by atoms with E-state index in [9.17, 15) is 18.0 Å². The molecule has 9 heteroatoms. The summed E-state index contributed by atoms with van der Waals surface area (Å²) in [6.07, 6.45) is -0.141. The van der Waals surface area contributed by atoms with Crippen LogP contribution in [0.3, 0.4) is 0 Å². The highest BCUT2D eigenvalue weighted by Gasteiger charge is 2.39. The number of alkyl halides is 3. The van der Waals surface area contributed by atoms with Crippen LogP contribution in [0, 0.1) is 0 Å². The average Bonchev–Trinajstić information content (AvgIpc) is 3.26. The Morgan fingerprint density at radius 2 is 1.74 bits per heavy atom. The summed E-state index contributed by atoms with van der Waals surface area (Å²) in [6, 6.07) is 9.18. The number of rotatable bonds is 6. The molecule has 0 aliphatic heterocycles. The number of nitrogens with zero attached hydrogens (tertiary/aromatic N) is 4. The SMILES string of the molecule is CCOC(=O)c1cn(Cc2ccc(Cn3cccn3)cc2)nc1C(F)(F)F. The Labute approximate surface area is 153 Å². The molecule has 0 atom stereocenters. The predicted octanol–water partition coefficient (Wildman–Crippen LogP) is 3.37. The van der Waals surface area contributed by atoms with E-state index in [1.807, 2.05) is 24.4 Å². The summed E-state index contributed by atoms with van der Waals surface area (Å²) in [5.74, 6) is -1.04. The molecular weight excluding hydrogens is 361 g/mol. The minimum atomic E-state index is -4.74. The second-order valence-electron chi connectivity index (χ2n) is 5.83. The molecule has 2 aromatic heterocycles. The summed E-state index contributed by atoms with van der Waals surface area (Å²) in [5.41, 5.74) is -0.0622. The molecule has 6 nitrogen and oxygen atoms in total. The summed E-state index contributed by atoms with van der Waals surface area (Å²) in [4.78, 5) is 11.8. The van der Waals surface area contributed by atoms with Gasteiger partial charge in [0.2, 0.25) is 0 Å². The molecule has 142 valence electrons. The smallest absolute Gasteiger partial charge is 0.436 e. The van der Waals surface area contributed by atoms with Gasteiger partial charge in [-0.25, -0.2) is 4.79 Å². The third-order valence-electron chi connectivity index (χ3n) is 3.80. The van der Waals surface area contributed by atoms with Crippen LogP contribution in [-0.2, 0) is 24.0 Å². The number of hydrogen-bond acceptors (Lipinski definition) is 4. The van der Waals surface area contributed by atoms with E-state index in [1.165, 1.54) is 6.92 Å². The highest BCUT2D eigenvalue weighted by atomic mass is 19.4. The van der Waals surface area contributed by atoms with Crippen LogP contribution in [0.5, 0.6) is 0 Å². The largest absolute Gasteiger partial charge is 0.462 e. The van der Waals surface area contributed by atoms with Gasteiger partial charge in [-0.05, 0) is 24.1 Å². The molecule has 3 rings (SSSR count). The number of halogens is 3. The second-order valence-corrected chi connectivity index (χ2v) is 5.83. The highest BCUT2D eigenvalue weighted by Crippen LogP contribution is 2.31. The highest BCUT2D eigenvalue weighted by molar-refractivity contribution is 5.90. The zero-order valence-corrected chi connectivity index (χ0v) is 14.5. The fourth-order valence-corrected chi connectivity index (χ4v) is 2.59. The lowest BCUT2D eigenvalue weighted by molar-refractivity contribution is -0.142. The van der Waals surface area contributed by atoms with Crippen molar-refractivity contribution in [2.45, 2.75) is 26.2 Å². The van der Waals surface area contributed by atoms with E-state index in [0.29, 0.717) is 6.54 Å². The van der Waals surface area contributed by atoms with Crippen LogP contribution in [0.1, 0.15) is 34.1 Å². The standard InChI is InChI=1S/C18H17F3N4O2/c1-2-27-17(26)15-12-25(23-16(15)18(19,20)21)11-14-6-4-13(5-7-14)10-24-9-3-8-22-24/h3-9,12H,2,10-11H2,1H3. The Morgan fingerprint density at radius 3 is 2.26 bits per heavy atom. The molecule has 0 spiro atoms. The molecule has 2 heterocycles. The number of carbonyl (C=O) groups is 1. The van der Waals surface area contributed by atoms with Crippen molar-refractivity contribution in [2.75, 3.05) is 6.61 Å². The summed E-state index contributed by atoms with van der Waals surface area (Å²) in [7, 11) is 0. The quantitative estimate of drug-likeness (QED) is 0.617. The van der Waals surface area contributed by atoms with Crippen molar-refractivity contribution in [1.29, 1.82) is 0 Å². The number of ether oxygens (including phenoxy) is 1. The fraction of sp³-hybridized carbons (Fsp3) is 0.278. The van der Waals surface area contributed by atoms with Gasteiger partial charge in [-0.15, -0.1) is 0 Å². The summed E-state index contributed by atoms with van der Waals surface area (Å²) >= 11 is 0. The van der Waals surface area contributed by atoms with Crippen LogP contribution in [0.25, 0.3) is 0 Å². The van der Waals surface area contributed by atoms with Crippen molar-refractivity contribution in [3.05, 3.63) is 71.3 Å². The Bertz CT molecular complexity index is 900. The first-order valence-corrected chi connectivity index (χ1v) is 8.24. The van der Waals surface area contributed by atoms with Gasteiger partial charge >= 0.3 is 12.1 Å². The molecule has 0 unspecified atom stereocenters. The van der Waals surface area contributed by atoms with E-state index >= 15 is 0 Å². The lowest BCUT2D eigenvalue weighted by atomic mass is 10.1. The molecule has 0 bridgehead atoms. The molecule has 0 amide bonds. The van der Waals surface area contributed by atoms with Crippen LogP contribution in [0.4, 0.5) is 13.2 Å². The normalized spacial score (nSPS) is 11.6. The molecule has 0 N–H and O–H groups in total. The minimum absolute atomic E-state index is 0.0149. The lowest BCUT2D eigenvalue weighted by Crippen LogP contribution is -2.14. The van der Waals surface area contributed by atoms with Crippen molar-refractivity contribution >= 4 is 5.97 Å². The third kappa shape index (κ3) is 4.55. The Balaban J connectivity index is 1.77. The topological polar surface area (TPSA) is 61.9 Å². The molecular formula is C18H17F3N4O2. The van der Waals surface area contributed by atoms with Crippen LogP contribution in [-0.4, -0.2) is 32.1 Å². The maximum atomic E-state index is 13.1. The maximum absolute atomic E-state index is 13.1. The fourth-order valence-electron chi connectivity index (χ4n) is 2.59. The van der Waals surface area contributed by atoms with Crippen LogP contribution >= 0.6 is 0 Å². The van der Waals surface area contributed by atoms with E-state index in [1.54, 1.807) is 23.0 Å². The Kier molecular flexibility index (Phi) is 5.29. The van der Waals surface area contributed by atoms with E-state index in [4.69, 9.17) is 4.74 Å². The summed E-state index contributed by atoms with van der Waals surface area (Å²) in [5, 5.41) is 7.66. The van der Waals surface area contributed by atoms with Gasteiger partial charge in [-0.1, -0.05) is 24.3 Å². The summed E-state index contributed by atoms with van der Waals surface area (Å²) < 4.78 is 47.0. The van der Waals surface area contributed by atoms with Crippen molar-refractivity contribution < 1.29 is 22.7 Å². The van der Waals surface area contributed by atoms with Crippen LogP contribution < -0.4 is 0 Å². The third-order valence-corrected chi connectivity index (χ3v) is 3.80. The molecule has 27 heavy (non-hydrogen) atoms. The molecule has 0 aliphatic carbocycles. The number of esters is 1. The Hall–Kier alpha value is -3.10. The lowest BCUT2D eigenvalue weighted by Gasteiger charge is -2.06. The van der Waals surface area contributed by atoms with Gasteiger partial charge in [0.15, 0.2) is 5.69 Å². The Morgan fingerprint density at radius 1 is 1.11 bits per heavy atom. The van der Waals surface area contributed by atoms with Gasteiger partial charge in [0.1, 0.15) is 5.56 Å². The molecule has 0 saturated carbocycles. The molecule has 0 aliphatic rings. The van der Waals surface area contributed by atoms with Crippen molar-refractivity contribution in [3.63, 3.8) is 0 Å². The maximum Gasteiger partial charge on any atom is 0.436 e. The number of hydrogen-bond donors (Lipinski definition) is 0. The average molecular weight is 378 g/mol. The van der Waals surface area contributed by atoms with Gasteiger partial charge in [0.25, 0.3) is 0 Å². The first-order valence-electron chi connectivity index (χ1n) is 8.24. The monoisotopic (exact) mass is 378 g/mol. The van der Waals surface area contributed by atoms with E-state index < -0.39 is 23.4 Å². The number of carbonyl (C=O) groups excluding carboxylic acids is 1. The van der Waals surface area contributed by atoms with E-state index in [0.717, 1.165) is 22.0 Å². The summed E-state index contributed by atoms with van der Waals surface area (Å²) in [6.45, 7) is 2.21. The van der Waals surface area contributed by atoms with Crippen molar-refractivity contribution in [2.24, 2.45) is 0 Å². The van der Waals surface area contributed by atoms with Crippen molar-refractivity contribution in [1.82, 2.24) is 19.6 Å². The first-order chi connectivity index (χ1) is 12.9. The number of aromatic nitrogens is 4. The first kappa shape index (κ1) is 18.7. The molecule has 3 aromatic rings. The molecule has 0 radical (unpaired) electrons. The van der Waals surface area contributed by atoms with E-state index in [-0.39, 0.29) is 13.2 Å².